The van der Waals surface area contributed by atoms with Crippen molar-refractivity contribution >= 4 is 33.2 Å². The minimum absolute atomic E-state index is 0.0503. The van der Waals surface area contributed by atoms with Gasteiger partial charge in [0.15, 0.2) is 0 Å². The summed E-state index contributed by atoms with van der Waals surface area (Å²) in [4.78, 5) is 0. The topological polar surface area (TPSA) is 38.0 Å². The van der Waals surface area contributed by atoms with Gasteiger partial charge in [0.05, 0.1) is 6.04 Å². The Bertz CT molecular complexity index is 572. The number of anilines is 1. The van der Waals surface area contributed by atoms with E-state index in [1.54, 1.807) is 0 Å². The van der Waals surface area contributed by atoms with E-state index in [0.29, 0.717) is 6.54 Å². The normalized spacial score (nSPS) is 12.2. The van der Waals surface area contributed by atoms with Gasteiger partial charge in [-0.15, -0.1) is 0 Å². The largest absolute Gasteiger partial charge is 0.377 e. The predicted molar refractivity (Wildman–Crippen MR) is 85.7 cm³/mol. The monoisotopic (exact) mass is 338 g/mol. The summed E-state index contributed by atoms with van der Waals surface area (Å²) in [5, 5.41) is 4.17. The second kappa shape index (κ2) is 6.42. The highest BCUT2D eigenvalue weighted by molar-refractivity contribution is 9.10. The van der Waals surface area contributed by atoms with Crippen LogP contribution >= 0.6 is 27.5 Å². The summed E-state index contributed by atoms with van der Waals surface area (Å²) in [6.45, 7) is 2.49. The molecule has 2 nitrogen and oxygen atoms in total. The fourth-order valence-corrected chi connectivity index (χ4v) is 2.65. The lowest BCUT2D eigenvalue weighted by atomic mass is 10.1. The molecule has 0 fully saturated rings. The Morgan fingerprint density at radius 3 is 2.63 bits per heavy atom. The molecule has 0 aliphatic rings. The Hall–Kier alpha value is -1.03. The fourth-order valence-electron chi connectivity index (χ4n) is 1.91. The van der Waals surface area contributed by atoms with Gasteiger partial charge in [-0.25, -0.2) is 0 Å². The van der Waals surface area contributed by atoms with E-state index < -0.39 is 0 Å². The lowest BCUT2D eigenvalue weighted by Gasteiger charge is -2.20. The summed E-state index contributed by atoms with van der Waals surface area (Å²) in [5.74, 6) is 0. The molecule has 4 heteroatoms. The van der Waals surface area contributed by atoms with Crippen LogP contribution in [0.4, 0.5) is 5.69 Å². The molecule has 19 heavy (non-hydrogen) atoms. The van der Waals surface area contributed by atoms with Gasteiger partial charge < -0.3 is 11.1 Å². The fraction of sp³-hybridized carbons (Fsp3) is 0.200. The third kappa shape index (κ3) is 3.50. The maximum absolute atomic E-state index is 6.14. The first-order valence-electron chi connectivity index (χ1n) is 6.09. The van der Waals surface area contributed by atoms with Gasteiger partial charge in [0.1, 0.15) is 0 Å². The van der Waals surface area contributed by atoms with Gasteiger partial charge >= 0.3 is 0 Å². The van der Waals surface area contributed by atoms with Gasteiger partial charge in [0, 0.05) is 21.7 Å². The van der Waals surface area contributed by atoms with E-state index in [0.717, 1.165) is 26.3 Å². The lowest BCUT2D eigenvalue weighted by Crippen LogP contribution is -2.21. The van der Waals surface area contributed by atoms with Crippen LogP contribution in [0, 0.1) is 6.92 Å². The summed E-state index contributed by atoms with van der Waals surface area (Å²) >= 11 is 9.69. The molecular formula is C15H16BrClN2. The van der Waals surface area contributed by atoms with Crippen LogP contribution in [0.1, 0.15) is 17.2 Å². The van der Waals surface area contributed by atoms with E-state index in [1.165, 1.54) is 0 Å². The van der Waals surface area contributed by atoms with E-state index in [9.17, 15) is 0 Å². The number of halogens is 2. The van der Waals surface area contributed by atoms with E-state index in [4.69, 9.17) is 17.3 Å². The maximum Gasteiger partial charge on any atom is 0.0647 e. The second-order valence-corrected chi connectivity index (χ2v) is 5.68. The van der Waals surface area contributed by atoms with Crippen LogP contribution in [-0.4, -0.2) is 6.54 Å². The third-order valence-corrected chi connectivity index (χ3v) is 4.16. The molecule has 0 saturated heterocycles. The first-order chi connectivity index (χ1) is 9.11. The Kier molecular flexibility index (Phi) is 4.86. The maximum atomic E-state index is 6.14. The molecule has 2 rings (SSSR count). The van der Waals surface area contributed by atoms with E-state index in [2.05, 4.69) is 27.3 Å². The van der Waals surface area contributed by atoms with Gasteiger partial charge in [-0.1, -0.05) is 51.8 Å². The summed E-state index contributed by atoms with van der Waals surface area (Å²) in [6.07, 6.45) is 0. The highest BCUT2D eigenvalue weighted by Gasteiger charge is 2.12. The quantitative estimate of drug-likeness (QED) is 0.859. The molecule has 0 amide bonds. The molecule has 0 heterocycles. The third-order valence-electron chi connectivity index (χ3n) is 3.03. The molecule has 1 atom stereocenters. The molecule has 0 bridgehead atoms. The molecular weight excluding hydrogens is 324 g/mol. The minimum atomic E-state index is 0.0503. The van der Waals surface area contributed by atoms with Crippen LogP contribution in [0.5, 0.6) is 0 Å². The molecule has 1 unspecified atom stereocenters. The van der Waals surface area contributed by atoms with Crippen molar-refractivity contribution in [3.63, 3.8) is 0 Å². The summed E-state index contributed by atoms with van der Waals surface area (Å²) < 4.78 is 1.05. The number of hydrogen-bond acceptors (Lipinski definition) is 2. The molecule has 0 radical (unpaired) electrons. The standard InChI is InChI=1S/C15H16BrClN2/c1-10-6-7-11(8-14(10)17)19-15(9-18)12-4-2-3-5-13(12)16/h2-8,15,19H,9,18H2,1H3. The smallest absolute Gasteiger partial charge is 0.0647 e. The SMILES string of the molecule is Cc1ccc(NC(CN)c2ccccc2Br)cc1Cl. The van der Waals surface area contributed by atoms with Crippen molar-refractivity contribution in [3.05, 3.63) is 63.1 Å². The van der Waals surface area contributed by atoms with Crippen molar-refractivity contribution in [2.75, 3.05) is 11.9 Å². The van der Waals surface area contributed by atoms with Crippen molar-refractivity contribution in [2.24, 2.45) is 5.73 Å². The summed E-state index contributed by atoms with van der Waals surface area (Å²) in [6, 6.07) is 14.1. The Morgan fingerprint density at radius 2 is 2.00 bits per heavy atom. The average Bonchev–Trinajstić information content (AvgIpc) is 2.41. The zero-order chi connectivity index (χ0) is 13.8. The Morgan fingerprint density at radius 1 is 1.26 bits per heavy atom. The number of benzene rings is 2. The van der Waals surface area contributed by atoms with Gasteiger partial charge in [0.2, 0.25) is 0 Å². The summed E-state index contributed by atoms with van der Waals surface area (Å²) in [7, 11) is 0. The Balaban J connectivity index is 2.24. The van der Waals surface area contributed by atoms with E-state index in [1.807, 2.05) is 43.3 Å². The number of hydrogen-bond donors (Lipinski definition) is 2. The average molecular weight is 340 g/mol. The zero-order valence-corrected chi connectivity index (χ0v) is 13.0. The molecule has 0 aromatic heterocycles. The van der Waals surface area contributed by atoms with Crippen LogP contribution in [0.15, 0.2) is 46.9 Å². The number of nitrogens with two attached hydrogens (primary N) is 1. The predicted octanol–water partition coefficient (Wildman–Crippen LogP) is 4.52. The molecule has 0 aliphatic carbocycles. The molecule has 100 valence electrons. The van der Waals surface area contributed by atoms with Gasteiger partial charge in [-0.3, -0.25) is 0 Å². The van der Waals surface area contributed by atoms with E-state index in [-0.39, 0.29) is 6.04 Å². The molecule has 3 N–H and O–H groups in total. The first-order valence-corrected chi connectivity index (χ1v) is 7.26. The highest BCUT2D eigenvalue weighted by Crippen LogP contribution is 2.27. The van der Waals surface area contributed by atoms with Crippen LogP contribution < -0.4 is 11.1 Å². The van der Waals surface area contributed by atoms with Gasteiger partial charge in [-0.2, -0.15) is 0 Å². The van der Waals surface area contributed by atoms with Crippen molar-refractivity contribution in [1.29, 1.82) is 0 Å². The Labute approximate surface area is 127 Å². The molecule has 2 aromatic carbocycles. The van der Waals surface area contributed by atoms with Crippen molar-refractivity contribution < 1.29 is 0 Å². The van der Waals surface area contributed by atoms with Crippen molar-refractivity contribution in [1.82, 2.24) is 0 Å². The molecule has 0 aliphatic heterocycles. The van der Waals surface area contributed by atoms with Crippen LogP contribution in [0.2, 0.25) is 5.02 Å². The summed E-state index contributed by atoms with van der Waals surface area (Å²) in [5.41, 5.74) is 9.05. The van der Waals surface area contributed by atoms with Gasteiger partial charge in [0.25, 0.3) is 0 Å². The minimum Gasteiger partial charge on any atom is -0.377 e. The van der Waals surface area contributed by atoms with Gasteiger partial charge in [-0.05, 0) is 36.2 Å². The number of rotatable bonds is 4. The van der Waals surface area contributed by atoms with Crippen molar-refractivity contribution in [3.8, 4) is 0 Å². The number of aryl methyl sites for hydroxylation is 1. The first kappa shape index (κ1) is 14.4. The molecule has 2 aromatic rings. The van der Waals surface area contributed by atoms with E-state index >= 15 is 0 Å². The zero-order valence-electron chi connectivity index (χ0n) is 10.7. The molecule has 0 spiro atoms. The van der Waals surface area contributed by atoms with Crippen LogP contribution in [0.25, 0.3) is 0 Å². The van der Waals surface area contributed by atoms with Crippen LogP contribution in [-0.2, 0) is 0 Å². The number of nitrogens with one attached hydrogen (secondary N) is 1. The van der Waals surface area contributed by atoms with Crippen LogP contribution in [0.3, 0.4) is 0 Å². The second-order valence-electron chi connectivity index (χ2n) is 4.42. The highest BCUT2D eigenvalue weighted by atomic mass is 79.9. The lowest BCUT2D eigenvalue weighted by molar-refractivity contribution is 0.786. The van der Waals surface area contributed by atoms with Crippen molar-refractivity contribution in [2.45, 2.75) is 13.0 Å². The molecule has 0 saturated carbocycles.